The molecule has 150 valence electrons. The van der Waals surface area contributed by atoms with Gasteiger partial charge >= 0.3 is 0 Å². The summed E-state index contributed by atoms with van der Waals surface area (Å²) in [5, 5.41) is 1.56. The normalized spacial score (nSPS) is 18.4. The van der Waals surface area contributed by atoms with Gasteiger partial charge in [-0.1, -0.05) is 23.7 Å². The first kappa shape index (κ1) is 19.9. The van der Waals surface area contributed by atoms with Gasteiger partial charge in [0.05, 0.1) is 4.91 Å². The molecule has 0 N–H and O–H groups in total. The van der Waals surface area contributed by atoms with Crippen molar-refractivity contribution in [2.45, 2.75) is 0 Å². The summed E-state index contributed by atoms with van der Waals surface area (Å²) in [4.78, 5) is 24.0. The Morgan fingerprint density at radius 2 is 1.59 bits per heavy atom. The number of piperazine rings is 1. The summed E-state index contributed by atoms with van der Waals surface area (Å²) in [6.45, 7) is 3.46. The van der Waals surface area contributed by atoms with Crippen molar-refractivity contribution in [3.05, 3.63) is 64.0 Å². The number of aliphatic imine (C=N–C) groups is 1. The molecule has 2 heterocycles. The molecule has 1 fully saturated rings. The number of hydrogen-bond donors (Lipinski definition) is 0. The van der Waals surface area contributed by atoms with Crippen LogP contribution in [0.15, 0.2) is 58.4 Å². The first-order chi connectivity index (χ1) is 14.0. The molecule has 0 aromatic heterocycles. The predicted molar refractivity (Wildman–Crippen MR) is 124 cm³/mol. The minimum absolute atomic E-state index is 0.151. The largest absolute Gasteiger partial charge is 0.378 e. The third-order valence-electron chi connectivity index (χ3n) is 5.06. The first-order valence-electron chi connectivity index (χ1n) is 9.55. The minimum Gasteiger partial charge on any atom is -0.378 e. The van der Waals surface area contributed by atoms with E-state index in [0.29, 0.717) is 4.91 Å². The third-order valence-corrected chi connectivity index (χ3v) is 6.35. The molecular weight excluding hydrogens is 404 g/mol. The summed E-state index contributed by atoms with van der Waals surface area (Å²) in [5.74, 6) is -0.151. The van der Waals surface area contributed by atoms with Crippen LogP contribution < -0.4 is 9.80 Å². The Bertz CT molecular complexity index is 946. The van der Waals surface area contributed by atoms with Crippen LogP contribution in [0, 0.1) is 0 Å². The fourth-order valence-electron chi connectivity index (χ4n) is 3.36. The molecule has 2 aromatic carbocycles. The Hall–Kier alpha value is -2.44. The van der Waals surface area contributed by atoms with Crippen LogP contribution in [0.4, 0.5) is 11.4 Å². The van der Waals surface area contributed by atoms with E-state index in [-0.39, 0.29) is 5.91 Å². The molecule has 5 nitrogen and oxygen atoms in total. The lowest BCUT2D eigenvalue weighted by Gasteiger charge is -2.36. The van der Waals surface area contributed by atoms with E-state index in [4.69, 9.17) is 11.6 Å². The lowest BCUT2D eigenvalue weighted by Crippen LogP contribution is -2.47. The maximum absolute atomic E-state index is 12.4. The van der Waals surface area contributed by atoms with E-state index >= 15 is 0 Å². The fraction of sp³-hybridized carbons (Fsp3) is 0.273. The second-order valence-corrected chi connectivity index (χ2v) is 8.69. The zero-order chi connectivity index (χ0) is 20.4. The van der Waals surface area contributed by atoms with Crippen LogP contribution >= 0.6 is 23.4 Å². The maximum atomic E-state index is 12.4. The molecule has 0 aliphatic carbocycles. The number of rotatable bonds is 3. The van der Waals surface area contributed by atoms with E-state index < -0.39 is 0 Å². The molecular formula is C22H23ClN4OS. The fourth-order valence-corrected chi connectivity index (χ4v) is 4.45. The minimum atomic E-state index is -0.151. The Balaban J connectivity index is 1.38. The van der Waals surface area contributed by atoms with Gasteiger partial charge in [0, 0.05) is 56.7 Å². The van der Waals surface area contributed by atoms with Gasteiger partial charge in [0.25, 0.3) is 5.91 Å². The topological polar surface area (TPSA) is 39.1 Å². The van der Waals surface area contributed by atoms with Gasteiger partial charge in [-0.05, 0) is 59.8 Å². The van der Waals surface area contributed by atoms with Gasteiger partial charge < -0.3 is 14.7 Å². The molecule has 29 heavy (non-hydrogen) atoms. The van der Waals surface area contributed by atoms with Crippen LogP contribution in [-0.4, -0.2) is 56.2 Å². The highest BCUT2D eigenvalue weighted by molar-refractivity contribution is 8.18. The quantitative estimate of drug-likeness (QED) is 0.688. The van der Waals surface area contributed by atoms with Gasteiger partial charge in [-0.2, -0.15) is 4.99 Å². The van der Waals surface area contributed by atoms with Gasteiger partial charge in [0.2, 0.25) is 0 Å². The van der Waals surface area contributed by atoms with Crippen LogP contribution in [0.5, 0.6) is 0 Å². The monoisotopic (exact) mass is 426 g/mol. The lowest BCUT2D eigenvalue weighted by molar-refractivity contribution is -0.113. The highest BCUT2D eigenvalue weighted by Gasteiger charge is 2.28. The van der Waals surface area contributed by atoms with Crippen molar-refractivity contribution in [1.82, 2.24) is 4.90 Å². The molecule has 4 rings (SSSR count). The van der Waals surface area contributed by atoms with Crippen molar-refractivity contribution in [3.63, 3.8) is 0 Å². The molecule has 0 unspecified atom stereocenters. The number of carbonyl (C=O) groups excluding carboxylic acids is 1. The van der Waals surface area contributed by atoms with E-state index in [1.165, 1.54) is 17.4 Å². The van der Waals surface area contributed by atoms with E-state index in [0.717, 1.165) is 47.6 Å². The highest BCUT2D eigenvalue weighted by atomic mass is 35.5. The standard InChI is InChI=1S/C22H23ClN4OS/c1-25(2)18-7-3-16(4-8-18)15-20-21(28)24-22(29-20)27-13-11-26(12-14-27)19-9-5-17(23)6-10-19/h3-10,15H,11-14H2,1-2H3/b20-15-. The lowest BCUT2D eigenvalue weighted by atomic mass is 10.2. The summed E-state index contributed by atoms with van der Waals surface area (Å²) in [6.07, 6.45) is 1.92. The highest BCUT2D eigenvalue weighted by Crippen LogP contribution is 2.31. The van der Waals surface area contributed by atoms with E-state index in [9.17, 15) is 4.79 Å². The van der Waals surface area contributed by atoms with E-state index in [1.807, 2.05) is 68.7 Å². The Morgan fingerprint density at radius 1 is 0.966 bits per heavy atom. The summed E-state index contributed by atoms with van der Waals surface area (Å²) >= 11 is 7.45. The number of amides is 1. The zero-order valence-electron chi connectivity index (χ0n) is 16.5. The average molecular weight is 427 g/mol. The smallest absolute Gasteiger partial charge is 0.286 e. The molecule has 2 aliphatic heterocycles. The molecule has 2 aromatic rings. The molecule has 0 saturated carbocycles. The number of benzene rings is 2. The second-order valence-electron chi connectivity index (χ2n) is 7.25. The molecule has 0 atom stereocenters. The number of halogens is 1. The van der Waals surface area contributed by atoms with Crippen LogP contribution in [0.25, 0.3) is 6.08 Å². The van der Waals surface area contributed by atoms with Crippen molar-refractivity contribution >= 4 is 51.9 Å². The van der Waals surface area contributed by atoms with Crippen molar-refractivity contribution < 1.29 is 4.79 Å². The Labute approximate surface area is 180 Å². The second kappa shape index (κ2) is 8.51. The van der Waals surface area contributed by atoms with Crippen molar-refractivity contribution in [2.75, 3.05) is 50.1 Å². The third kappa shape index (κ3) is 4.60. The van der Waals surface area contributed by atoms with Gasteiger partial charge in [-0.15, -0.1) is 0 Å². The summed E-state index contributed by atoms with van der Waals surface area (Å²) < 4.78 is 0. The molecule has 7 heteroatoms. The average Bonchev–Trinajstić information content (AvgIpc) is 3.09. The van der Waals surface area contributed by atoms with Gasteiger partial charge in [0.1, 0.15) is 0 Å². The van der Waals surface area contributed by atoms with Crippen LogP contribution in [0.1, 0.15) is 5.56 Å². The van der Waals surface area contributed by atoms with Gasteiger partial charge in [-0.25, -0.2) is 0 Å². The first-order valence-corrected chi connectivity index (χ1v) is 10.7. The summed E-state index contributed by atoms with van der Waals surface area (Å²) in [5.41, 5.74) is 3.32. The van der Waals surface area contributed by atoms with E-state index in [2.05, 4.69) is 19.7 Å². The number of nitrogens with zero attached hydrogens (tertiary/aromatic N) is 4. The van der Waals surface area contributed by atoms with Crippen molar-refractivity contribution in [1.29, 1.82) is 0 Å². The molecule has 0 radical (unpaired) electrons. The summed E-state index contributed by atoms with van der Waals surface area (Å²) in [6, 6.07) is 16.1. The van der Waals surface area contributed by atoms with Crippen molar-refractivity contribution in [3.8, 4) is 0 Å². The maximum Gasteiger partial charge on any atom is 0.286 e. The molecule has 0 bridgehead atoms. The zero-order valence-corrected chi connectivity index (χ0v) is 18.1. The number of hydrogen-bond acceptors (Lipinski definition) is 5. The Morgan fingerprint density at radius 3 is 2.21 bits per heavy atom. The van der Waals surface area contributed by atoms with Crippen LogP contribution in [0.2, 0.25) is 5.02 Å². The number of carbonyl (C=O) groups is 1. The molecule has 1 saturated heterocycles. The van der Waals surface area contributed by atoms with Gasteiger partial charge in [0.15, 0.2) is 5.17 Å². The van der Waals surface area contributed by atoms with Crippen molar-refractivity contribution in [2.24, 2.45) is 4.99 Å². The number of amidine groups is 1. The molecule has 0 spiro atoms. The van der Waals surface area contributed by atoms with Gasteiger partial charge in [-0.3, -0.25) is 4.79 Å². The molecule has 2 aliphatic rings. The number of thioether (sulfide) groups is 1. The molecule has 1 amide bonds. The summed E-state index contributed by atoms with van der Waals surface area (Å²) in [7, 11) is 4.02. The van der Waals surface area contributed by atoms with Crippen LogP contribution in [-0.2, 0) is 4.79 Å². The SMILES string of the molecule is CN(C)c1ccc(/C=C2\SC(N3CCN(c4ccc(Cl)cc4)CC3)=NC2=O)cc1. The number of anilines is 2. The van der Waals surface area contributed by atoms with Crippen LogP contribution in [0.3, 0.4) is 0 Å². The Kier molecular flexibility index (Phi) is 5.83. The predicted octanol–water partition coefficient (Wildman–Crippen LogP) is 4.20. The van der Waals surface area contributed by atoms with E-state index in [1.54, 1.807) is 0 Å².